The van der Waals surface area contributed by atoms with Gasteiger partial charge in [0.1, 0.15) is 5.82 Å². The van der Waals surface area contributed by atoms with E-state index in [1.54, 1.807) is 0 Å². The molecule has 3 nitrogen and oxygen atoms in total. The molecule has 0 saturated carbocycles. The highest BCUT2D eigenvalue weighted by molar-refractivity contribution is 5.62. The summed E-state index contributed by atoms with van der Waals surface area (Å²) in [5, 5.41) is 0. The Hall–Kier alpha value is -1.61. The van der Waals surface area contributed by atoms with Crippen LogP contribution in [0.5, 0.6) is 0 Å². The van der Waals surface area contributed by atoms with Crippen molar-refractivity contribution in [3.05, 3.63) is 41.3 Å². The number of nitrogens with zero attached hydrogens (tertiary/aromatic N) is 1. The van der Waals surface area contributed by atoms with Gasteiger partial charge < -0.3 is 10.7 Å². The maximum atomic E-state index is 5.51. The fourth-order valence-electron chi connectivity index (χ4n) is 2.43. The first kappa shape index (κ1) is 14.8. The largest absolute Gasteiger partial charge is 0.346 e. The molecule has 0 amide bonds. The first-order valence-corrected chi connectivity index (χ1v) is 7.59. The molecule has 0 radical (unpaired) electrons. The van der Waals surface area contributed by atoms with Crippen LogP contribution in [-0.4, -0.2) is 16.5 Å². The van der Waals surface area contributed by atoms with Gasteiger partial charge in [-0.1, -0.05) is 37.6 Å². The van der Waals surface area contributed by atoms with Crippen LogP contribution in [0.15, 0.2) is 24.3 Å². The number of rotatable bonds is 7. The Bertz CT molecular complexity index is 526. The predicted molar refractivity (Wildman–Crippen MR) is 84.7 cm³/mol. The Morgan fingerprint density at radius 2 is 1.85 bits per heavy atom. The number of aromatic nitrogens is 2. The molecule has 1 aromatic heterocycles. The molecule has 0 aliphatic heterocycles. The molecular weight excluding hydrogens is 246 g/mol. The minimum Gasteiger partial charge on any atom is -0.346 e. The van der Waals surface area contributed by atoms with E-state index in [4.69, 9.17) is 10.7 Å². The van der Waals surface area contributed by atoms with Crippen molar-refractivity contribution in [2.75, 3.05) is 6.54 Å². The monoisotopic (exact) mass is 271 g/mol. The van der Waals surface area contributed by atoms with Gasteiger partial charge in [0.2, 0.25) is 0 Å². The molecule has 0 atom stereocenters. The van der Waals surface area contributed by atoms with Crippen LogP contribution in [0.25, 0.3) is 11.3 Å². The average molecular weight is 271 g/mol. The summed E-state index contributed by atoms with van der Waals surface area (Å²) in [6, 6.07) is 8.70. The molecule has 0 unspecified atom stereocenters. The number of aryl methyl sites for hydroxylation is 3. The van der Waals surface area contributed by atoms with Crippen LogP contribution in [0.3, 0.4) is 0 Å². The van der Waals surface area contributed by atoms with E-state index < -0.39 is 0 Å². The van der Waals surface area contributed by atoms with Crippen LogP contribution < -0.4 is 5.73 Å². The van der Waals surface area contributed by atoms with E-state index in [0.717, 1.165) is 49.4 Å². The lowest BCUT2D eigenvalue weighted by molar-refractivity contribution is 0.672. The lowest BCUT2D eigenvalue weighted by atomic mass is 10.1. The van der Waals surface area contributed by atoms with E-state index in [-0.39, 0.29) is 0 Å². The molecule has 3 heteroatoms. The van der Waals surface area contributed by atoms with Crippen LogP contribution in [0.1, 0.15) is 43.3 Å². The fourth-order valence-corrected chi connectivity index (χ4v) is 2.43. The van der Waals surface area contributed by atoms with Gasteiger partial charge in [-0.3, -0.25) is 0 Å². The highest BCUT2D eigenvalue weighted by Gasteiger charge is 2.08. The highest BCUT2D eigenvalue weighted by atomic mass is 14.9. The zero-order valence-corrected chi connectivity index (χ0v) is 12.6. The van der Waals surface area contributed by atoms with Crippen molar-refractivity contribution < 1.29 is 0 Å². The molecule has 2 rings (SSSR count). The van der Waals surface area contributed by atoms with Crippen LogP contribution >= 0.6 is 0 Å². The summed E-state index contributed by atoms with van der Waals surface area (Å²) in [6.07, 6.45) is 5.51. The topological polar surface area (TPSA) is 54.7 Å². The number of imidazole rings is 1. The molecule has 1 aromatic carbocycles. The van der Waals surface area contributed by atoms with Gasteiger partial charge in [0.15, 0.2) is 0 Å². The zero-order valence-electron chi connectivity index (χ0n) is 12.6. The lowest BCUT2D eigenvalue weighted by Crippen LogP contribution is -1.98. The Balaban J connectivity index is 2.06. The number of hydrogen-bond donors (Lipinski definition) is 2. The predicted octanol–water partition coefficient (Wildman–Crippen LogP) is 3.62. The van der Waals surface area contributed by atoms with Gasteiger partial charge in [0, 0.05) is 17.7 Å². The number of unbranched alkanes of at least 4 members (excludes halogenated alkanes) is 2. The first-order valence-electron chi connectivity index (χ1n) is 7.59. The summed E-state index contributed by atoms with van der Waals surface area (Å²) in [7, 11) is 0. The summed E-state index contributed by atoms with van der Waals surface area (Å²) in [5.74, 6) is 1.09. The average Bonchev–Trinajstić information content (AvgIpc) is 2.85. The molecule has 2 aromatic rings. The molecule has 0 aliphatic carbocycles. The Kier molecular flexibility index (Phi) is 5.36. The lowest BCUT2D eigenvalue weighted by Gasteiger charge is -2.00. The minimum atomic E-state index is 0.784. The smallest absolute Gasteiger partial charge is 0.106 e. The number of aromatic amines is 1. The molecule has 108 valence electrons. The number of nitrogens with one attached hydrogen (secondary N) is 1. The Labute approximate surface area is 121 Å². The normalized spacial score (nSPS) is 10.9. The van der Waals surface area contributed by atoms with Crippen LogP contribution in [0.4, 0.5) is 0 Å². The number of benzene rings is 1. The van der Waals surface area contributed by atoms with Crippen LogP contribution in [0, 0.1) is 6.92 Å². The molecule has 0 bridgehead atoms. The van der Waals surface area contributed by atoms with Crippen molar-refractivity contribution in [3.63, 3.8) is 0 Å². The first-order chi connectivity index (χ1) is 9.74. The molecular formula is C17H25N3. The van der Waals surface area contributed by atoms with Gasteiger partial charge in [0.05, 0.1) is 5.69 Å². The zero-order chi connectivity index (χ0) is 14.4. The minimum absolute atomic E-state index is 0.784. The van der Waals surface area contributed by atoms with Crippen molar-refractivity contribution in [2.45, 2.75) is 46.0 Å². The van der Waals surface area contributed by atoms with Gasteiger partial charge in [-0.25, -0.2) is 4.98 Å². The van der Waals surface area contributed by atoms with E-state index in [1.165, 1.54) is 17.5 Å². The quantitative estimate of drug-likeness (QED) is 0.756. The Morgan fingerprint density at radius 3 is 2.50 bits per heavy atom. The van der Waals surface area contributed by atoms with E-state index in [9.17, 15) is 0 Å². The van der Waals surface area contributed by atoms with Crippen molar-refractivity contribution in [2.24, 2.45) is 5.73 Å². The fraction of sp³-hybridized carbons (Fsp3) is 0.471. The van der Waals surface area contributed by atoms with Crippen molar-refractivity contribution in [1.82, 2.24) is 9.97 Å². The second-order valence-corrected chi connectivity index (χ2v) is 5.31. The van der Waals surface area contributed by atoms with E-state index in [2.05, 4.69) is 43.1 Å². The Morgan fingerprint density at radius 1 is 1.10 bits per heavy atom. The summed E-state index contributed by atoms with van der Waals surface area (Å²) in [4.78, 5) is 8.15. The molecule has 0 fully saturated rings. The van der Waals surface area contributed by atoms with Gasteiger partial charge in [0.25, 0.3) is 0 Å². The van der Waals surface area contributed by atoms with Gasteiger partial charge in [-0.2, -0.15) is 0 Å². The number of H-pyrrole nitrogens is 1. The van der Waals surface area contributed by atoms with Crippen molar-refractivity contribution in [3.8, 4) is 11.3 Å². The second kappa shape index (κ2) is 7.25. The van der Waals surface area contributed by atoms with Gasteiger partial charge >= 0.3 is 0 Å². The third kappa shape index (κ3) is 3.70. The SMILES string of the molecule is CCc1ccc(-c2nc(CCCCCN)[nH]c2C)cc1. The van der Waals surface area contributed by atoms with Crippen LogP contribution in [0.2, 0.25) is 0 Å². The maximum absolute atomic E-state index is 5.51. The third-order valence-corrected chi connectivity index (χ3v) is 3.69. The van der Waals surface area contributed by atoms with E-state index >= 15 is 0 Å². The standard InChI is InChI=1S/C17H25N3/c1-3-14-8-10-15(11-9-14)17-13(2)19-16(20-17)7-5-4-6-12-18/h8-11H,3-7,12,18H2,1-2H3,(H,19,20). The molecule has 0 aliphatic rings. The number of nitrogens with two attached hydrogens (primary N) is 1. The summed E-state index contributed by atoms with van der Waals surface area (Å²) in [6.45, 7) is 5.06. The summed E-state index contributed by atoms with van der Waals surface area (Å²) < 4.78 is 0. The highest BCUT2D eigenvalue weighted by Crippen LogP contribution is 2.22. The molecule has 0 saturated heterocycles. The van der Waals surface area contributed by atoms with E-state index in [1.807, 2.05) is 0 Å². The molecule has 3 N–H and O–H groups in total. The van der Waals surface area contributed by atoms with Crippen LogP contribution in [-0.2, 0) is 12.8 Å². The summed E-state index contributed by atoms with van der Waals surface area (Å²) >= 11 is 0. The van der Waals surface area contributed by atoms with Crippen molar-refractivity contribution >= 4 is 0 Å². The molecule has 0 spiro atoms. The second-order valence-electron chi connectivity index (χ2n) is 5.31. The van der Waals surface area contributed by atoms with Gasteiger partial charge in [-0.05, 0) is 38.3 Å². The third-order valence-electron chi connectivity index (χ3n) is 3.69. The summed E-state index contributed by atoms with van der Waals surface area (Å²) in [5.41, 5.74) is 10.3. The van der Waals surface area contributed by atoms with E-state index in [0.29, 0.717) is 0 Å². The maximum Gasteiger partial charge on any atom is 0.106 e. The van der Waals surface area contributed by atoms with Gasteiger partial charge in [-0.15, -0.1) is 0 Å². The molecule has 1 heterocycles. The van der Waals surface area contributed by atoms with Crippen molar-refractivity contribution in [1.29, 1.82) is 0 Å². The molecule has 20 heavy (non-hydrogen) atoms. The number of hydrogen-bond acceptors (Lipinski definition) is 2.